The lowest BCUT2D eigenvalue weighted by Gasteiger charge is -2.34. The molecule has 0 saturated carbocycles. The van der Waals surface area contributed by atoms with E-state index in [2.05, 4.69) is 10.2 Å². The van der Waals surface area contributed by atoms with Crippen LogP contribution in [0.15, 0.2) is 24.3 Å². The lowest BCUT2D eigenvalue weighted by molar-refractivity contribution is -0.148. The SMILES string of the molecule is CC1c2nnc(C(F)(F)F)n2CCN1C(=O)CCN1C(=O)C(C)(C)c2ccccc21. The van der Waals surface area contributed by atoms with Crippen LogP contribution in [0.5, 0.6) is 0 Å². The van der Waals surface area contributed by atoms with Gasteiger partial charge < -0.3 is 14.4 Å². The molecule has 0 aliphatic carbocycles. The third-order valence-corrected chi connectivity index (χ3v) is 5.96. The molecule has 1 aromatic heterocycles. The van der Waals surface area contributed by atoms with Gasteiger partial charge in [0.15, 0.2) is 5.82 Å². The third kappa shape index (κ3) is 3.05. The Labute approximate surface area is 171 Å². The zero-order valence-corrected chi connectivity index (χ0v) is 16.9. The minimum absolute atomic E-state index is 0.0221. The van der Waals surface area contributed by atoms with Crippen molar-refractivity contribution in [3.05, 3.63) is 41.5 Å². The molecule has 30 heavy (non-hydrogen) atoms. The van der Waals surface area contributed by atoms with Crippen LogP contribution in [-0.2, 0) is 27.7 Å². The summed E-state index contributed by atoms with van der Waals surface area (Å²) in [6.07, 6.45) is -4.52. The van der Waals surface area contributed by atoms with Gasteiger partial charge in [-0.3, -0.25) is 9.59 Å². The zero-order valence-electron chi connectivity index (χ0n) is 16.9. The number of para-hydroxylation sites is 1. The average molecular weight is 421 g/mol. The van der Waals surface area contributed by atoms with Gasteiger partial charge in [0.2, 0.25) is 17.6 Å². The first-order valence-corrected chi connectivity index (χ1v) is 9.74. The van der Waals surface area contributed by atoms with Crippen molar-refractivity contribution in [1.29, 1.82) is 0 Å². The highest BCUT2D eigenvalue weighted by molar-refractivity contribution is 6.07. The van der Waals surface area contributed by atoms with Crippen molar-refractivity contribution in [2.75, 3.05) is 18.0 Å². The number of hydrogen-bond donors (Lipinski definition) is 0. The molecule has 7 nitrogen and oxygen atoms in total. The van der Waals surface area contributed by atoms with E-state index in [0.29, 0.717) is 0 Å². The molecule has 3 heterocycles. The lowest BCUT2D eigenvalue weighted by Crippen LogP contribution is -2.44. The molecule has 4 rings (SSSR count). The predicted octanol–water partition coefficient (Wildman–Crippen LogP) is 2.91. The average Bonchev–Trinajstić information content (AvgIpc) is 3.20. The number of fused-ring (bicyclic) bond motifs is 2. The van der Waals surface area contributed by atoms with Crippen LogP contribution in [0.4, 0.5) is 18.9 Å². The molecule has 1 unspecified atom stereocenters. The third-order valence-electron chi connectivity index (χ3n) is 5.96. The first-order chi connectivity index (χ1) is 14.0. The van der Waals surface area contributed by atoms with E-state index in [0.717, 1.165) is 15.8 Å². The van der Waals surface area contributed by atoms with Gasteiger partial charge in [-0.2, -0.15) is 13.2 Å². The fraction of sp³-hybridized carbons (Fsp3) is 0.500. The number of halogens is 3. The molecule has 160 valence electrons. The van der Waals surface area contributed by atoms with E-state index in [1.54, 1.807) is 11.8 Å². The number of rotatable bonds is 3. The molecule has 10 heteroatoms. The Kier molecular flexibility index (Phi) is 4.63. The van der Waals surface area contributed by atoms with E-state index in [1.807, 2.05) is 38.1 Å². The molecule has 2 aliphatic heterocycles. The summed E-state index contributed by atoms with van der Waals surface area (Å²) in [6.45, 7) is 5.66. The number of hydrogen-bond acceptors (Lipinski definition) is 4. The van der Waals surface area contributed by atoms with Crippen LogP contribution >= 0.6 is 0 Å². The van der Waals surface area contributed by atoms with Crippen LogP contribution in [-0.4, -0.2) is 44.6 Å². The molecule has 0 N–H and O–H groups in total. The van der Waals surface area contributed by atoms with E-state index < -0.39 is 23.5 Å². The molecule has 2 aromatic rings. The number of nitrogens with zero attached hydrogens (tertiary/aromatic N) is 5. The Balaban J connectivity index is 1.48. The van der Waals surface area contributed by atoms with Crippen molar-refractivity contribution < 1.29 is 22.8 Å². The topological polar surface area (TPSA) is 71.3 Å². The van der Waals surface area contributed by atoms with Crippen LogP contribution in [0, 0.1) is 0 Å². The number of amides is 2. The molecular weight excluding hydrogens is 399 g/mol. The second-order valence-electron chi connectivity index (χ2n) is 8.14. The fourth-order valence-corrected chi connectivity index (χ4v) is 4.31. The van der Waals surface area contributed by atoms with Gasteiger partial charge in [-0.1, -0.05) is 18.2 Å². The van der Waals surface area contributed by atoms with E-state index in [4.69, 9.17) is 0 Å². The molecule has 0 spiro atoms. The minimum Gasteiger partial charge on any atom is -0.331 e. The minimum atomic E-state index is -4.59. The van der Waals surface area contributed by atoms with Gasteiger partial charge in [0.05, 0.1) is 11.5 Å². The van der Waals surface area contributed by atoms with E-state index in [9.17, 15) is 22.8 Å². The van der Waals surface area contributed by atoms with E-state index >= 15 is 0 Å². The maximum Gasteiger partial charge on any atom is 0.451 e. The quantitative estimate of drug-likeness (QED) is 0.764. The Hall–Kier alpha value is -2.91. The van der Waals surface area contributed by atoms with Crippen LogP contribution < -0.4 is 4.90 Å². The fourth-order valence-electron chi connectivity index (χ4n) is 4.31. The molecule has 0 bridgehead atoms. The van der Waals surface area contributed by atoms with Gasteiger partial charge in [-0.15, -0.1) is 10.2 Å². The summed E-state index contributed by atoms with van der Waals surface area (Å²) in [4.78, 5) is 28.9. The Morgan fingerprint density at radius 2 is 1.90 bits per heavy atom. The summed E-state index contributed by atoms with van der Waals surface area (Å²) in [5.41, 5.74) is 1.05. The first kappa shape index (κ1) is 20.4. The maximum atomic E-state index is 13.1. The molecule has 0 saturated heterocycles. The number of carbonyl (C=O) groups excluding carboxylic acids is 2. The van der Waals surface area contributed by atoms with Gasteiger partial charge in [0.25, 0.3) is 0 Å². The largest absolute Gasteiger partial charge is 0.451 e. The molecule has 0 radical (unpaired) electrons. The Bertz CT molecular complexity index is 1010. The summed E-state index contributed by atoms with van der Waals surface area (Å²) in [6, 6.07) is 6.86. The first-order valence-electron chi connectivity index (χ1n) is 9.74. The highest BCUT2D eigenvalue weighted by Gasteiger charge is 2.44. The van der Waals surface area contributed by atoms with Crippen molar-refractivity contribution in [2.24, 2.45) is 0 Å². The molecule has 1 aromatic carbocycles. The summed E-state index contributed by atoms with van der Waals surface area (Å²) < 4.78 is 40.2. The van der Waals surface area contributed by atoms with Gasteiger partial charge in [-0.05, 0) is 32.4 Å². The number of benzene rings is 1. The molecular formula is C20H22F3N5O2. The highest BCUT2D eigenvalue weighted by Crippen LogP contribution is 2.41. The summed E-state index contributed by atoms with van der Waals surface area (Å²) in [5, 5.41) is 6.94. The maximum absolute atomic E-state index is 13.1. The van der Waals surface area contributed by atoms with Gasteiger partial charge in [-0.25, -0.2) is 0 Å². The second-order valence-corrected chi connectivity index (χ2v) is 8.14. The van der Waals surface area contributed by atoms with Crippen LogP contribution in [0.3, 0.4) is 0 Å². The number of alkyl halides is 3. The van der Waals surface area contributed by atoms with Crippen LogP contribution in [0.1, 0.15) is 50.4 Å². The molecule has 2 amide bonds. The monoisotopic (exact) mass is 421 g/mol. The Morgan fingerprint density at radius 1 is 1.20 bits per heavy atom. The summed E-state index contributed by atoms with van der Waals surface area (Å²) >= 11 is 0. The summed E-state index contributed by atoms with van der Waals surface area (Å²) in [5.74, 6) is -1.23. The van der Waals surface area contributed by atoms with Crippen molar-refractivity contribution in [2.45, 2.75) is 51.4 Å². The molecule has 2 aliphatic rings. The van der Waals surface area contributed by atoms with E-state index in [-0.39, 0.29) is 43.7 Å². The number of anilines is 1. The Morgan fingerprint density at radius 3 is 2.60 bits per heavy atom. The second kappa shape index (κ2) is 6.82. The molecule has 0 fully saturated rings. The number of carbonyl (C=O) groups is 2. The van der Waals surface area contributed by atoms with Crippen LogP contribution in [0.2, 0.25) is 0 Å². The smallest absolute Gasteiger partial charge is 0.331 e. The van der Waals surface area contributed by atoms with Crippen molar-refractivity contribution in [1.82, 2.24) is 19.7 Å². The predicted molar refractivity (Wildman–Crippen MR) is 102 cm³/mol. The van der Waals surface area contributed by atoms with Crippen LogP contribution in [0.25, 0.3) is 0 Å². The van der Waals surface area contributed by atoms with Crippen molar-refractivity contribution >= 4 is 17.5 Å². The molecule has 1 atom stereocenters. The van der Waals surface area contributed by atoms with Gasteiger partial charge >= 0.3 is 6.18 Å². The van der Waals surface area contributed by atoms with Gasteiger partial charge in [0, 0.05) is 31.7 Å². The standard InChI is InChI=1S/C20H22F3N5O2/c1-12-16-24-25-17(20(21,22)23)28(16)11-10-26(12)15(29)8-9-27-14-7-5-4-6-13(14)19(2,3)18(27)30/h4-7,12H,8-11H2,1-3H3. The highest BCUT2D eigenvalue weighted by atomic mass is 19.4. The number of aromatic nitrogens is 3. The normalized spacial score (nSPS) is 20.3. The van der Waals surface area contributed by atoms with Gasteiger partial charge in [0.1, 0.15) is 0 Å². The zero-order chi connectivity index (χ0) is 21.8. The van der Waals surface area contributed by atoms with E-state index in [1.165, 1.54) is 4.90 Å². The van der Waals surface area contributed by atoms with Crippen molar-refractivity contribution in [3.8, 4) is 0 Å². The van der Waals surface area contributed by atoms with Crippen molar-refractivity contribution in [3.63, 3.8) is 0 Å². The summed E-state index contributed by atoms with van der Waals surface area (Å²) in [7, 11) is 0. The lowest BCUT2D eigenvalue weighted by atomic mass is 9.86.